The van der Waals surface area contributed by atoms with Gasteiger partial charge in [0.25, 0.3) is 5.91 Å². The number of methoxy groups -OCH3 is 1. The van der Waals surface area contributed by atoms with Crippen molar-refractivity contribution in [1.82, 2.24) is 0 Å². The smallest absolute Gasteiger partial charge is 0.259 e. The molecule has 0 saturated carbocycles. The number of halogens is 1. The monoisotopic (exact) mass is 400 g/mol. The number of benzene rings is 2. The molecule has 0 saturated heterocycles. The van der Waals surface area contributed by atoms with Crippen molar-refractivity contribution in [2.75, 3.05) is 23.9 Å². The Morgan fingerprint density at radius 3 is 2.71 bits per heavy atom. The number of anilines is 2. The second-order valence-corrected chi connectivity index (χ2v) is 7.81. The summed E-state index contributed by atoms with van der Waals surface area (Å²) in [5.74, 6) is 0.867. The van der Waals surface area contributed by atoms with Crippen LogP contribution in [0.3, 0.4) is 0 Å². The van der Waals surface area contributed by atoms with E-state index in [2.05, 4.69) is 19.2 Å². The van der Waals surface area contributed by atoms with Crippen molar-refractivity contribution in [3.63, 3.8) is 0 Å². The quantitative estimate of drug-likeness (QED) is 0.748. The van der Waals surface area contributed by atoms with E-state index in [1.165, 1.54) is 7.11 Å². The number of nitrogens with zero attached hydrogens (tertiary/aromatic N) is 1. The van der Waals surface area contributed by atoms with Crippen molar-refractivity contribution in [2.45, 2.75) is 33.1 Å². The lowest BCUT2D eigenvalue weighted by molar-refractivity contribution is -0.118. The van der Waals surface area contributed by atoms with Crippen molar-refractivity contribution >= 4 is 34.8 Å². The molecular weight excluding hydrogens is 376 g/mol. The fourth-order valence-electron chi connectivity index (χ4n) is 3.33. The predicted octanol–water partition coefficient (Wildman–Crippen LogP) is 4.93. The number of ether oxygens (including phenoxy) is 1. The highest BCUT2D eigenvalue weighted by atomic mass is 35.5. The largest absolute Gasteiger partial charge is 0.496 e. The molecule has 148 valence electrons. The molecule has 28 heavy (non-hydrogen) atoms. The molecule has 2 aromatic rings. The highest BCUT2D eigenvalue weighted by Gasteiger charge is 2.24. The van der Waals surface area contributed by atoms with Gasteiger partial charge in [0.05, 0.1) is 12.7 Å². The Bertz CT molecular complexity index is 895. The molecule has 2 aromatic carbocycles. The van der Waals surface area contributed by atoms with Crippen molar-refractivity contribution in [2.24, 2.45) is 5.92 Å². The molecule has 0 aromatic heterocycles. The average Bonchev–Trinajstić information content (AvgIpc) is 2.67. The number of amides is 2. The summed E-state index contributed by atoms with van der Waals surface area (Å²) >= 11 is 6.02. The van der Waals surface area contributed by atoms with Crippen LogP contribution in [0.25, 0.3) is 0 Å². The van der Waals surface area contributed by atoms with Crippen LogP contribution in [0, 0.1) is 5.92 Å². The van der Waals surface area contributed by atoms with Gasteiger partial charge in [0, 0.05) is 29.4 Å². The molecule has 1 aliphatic heterocycles. The lowest BCUT2D eigenvalue weighted by Crippen LogP contribution is -2.36. The maximum absolute atomic E-state index is 12.7. The van der Waals surface area contributed by atoms with Crippen LogP contribution in [0.2, 0.25) is 5.02 Å². The number of rotatable bonds is 6. The molecule has 1 N–H and O–H groups in total. The molecule has 0 radical (unpaired) electrons. The average molecular weight is 401 g/mol. The predicted molar refractivity (Wildman–Crippen MR) is 113 cm³/mol. The molecule has 6 heteroatoms. The third kappa shape index (κ3) is 4.47. The summed E-state index contributed by atoms with van der Waals surface area (Å²) in [4.78, 5) is 26.9. The molecule has 0 unspecified atom stereocenters. The zero-order chi connectivity index (χ0) is 20.3. The van der Waals surface area contributed by atoms with E-state index in [1.54, 1.807) is 18.2 Å². The first-order chi connectivity index (χ1) is 13.4. The lowest BCUT2D eigenvalue weighted by atomic mass is 9.99. The zero-order valence-corrected chi connectivity index (χ0v) is 17.2. The van der Waals surface area contributed by atoms with Gasteiger partial charge in [-0.25, -0.2) is 0 Å². The molecule has 1 aliphatic rings. The summed E-state index contributed by atoms with van der Waals surface area (Å²) in [5, 5.41) is 3.37. The summed E-state index contributed by atoms with van der Waals surface area (Å²) in [6, 6.07) is 10.6. The summed E-state index contributed by atoms with van der Waals surface area (Å²) in [5.41, 5.74) is 3.07. The fourth-order valence-corrected chi connectivity index (χ4v) is 3.50. The molecule has 0 fully saturated rings. The molecule has 5 nitrogen and oxygen atoms in total. The number of carbonyl (C=O) groups excluding carboxylic acids is 2. The van der Waals surface area contributed by atoms with Crippen molar-refractivity contribution in [3.8, 4) is 5.75 Å². The van der Waals surface area contributed by atoms with Crippen LogP contribution in [0.5, 0.6) is 5.75 Å². The Hall–Kier alpha value is -2.53. The SMILES string of the molecule is COc1ccc(Cl)cc1C(=O)Nc1ccc2c(c1)CCC(=O)N2CCC(C)C. The Morgan fingerprint density at radius 2 is 2.00 bits per heavy atom. The van der Waals surface area contributed by atoms with Crippen LogP contribution in [0.4, 0.5) is 11.4 Å². The van der Waals surface area contributed by atoms with Gasteiger partial charge in [0.2, 0.25) is 5.91 Å². The van der Waals surface area contributed by atoms with Gasteiger partial charge in [0.1, 0.15) is 5.75 Å². The lowest BCUT2D eigenvalue weighted by Gasteiger charge is -2.30. The first kappa shape index (κ1) is 20.2. The third-order valence-electron chi connectivity index (χ3n) is 4.87. The van der Waals surface area contributed by atoms with Gasteiger partial charge in [-0.2, -0.15) is 0 Å². The Balaban J connectivity index is 1.81. The van der Waals surface area contributed by atoms with E-state index in [0.29, 0.717) is 40.8 Å². The van der Waals surface area contributed by atoms with E-state index < -0.39 is 0 Å². The van der Waals surface area contributed by atoms with Crippen LogP contribution in [-0.4, -0.2) is 25.5 Å². The molecule has 0 spiro atoms. The number of hydrogen-bond acceptors (Lipinski definition) is 3. The first-order valence-electron chi connectivity index (χ1n) is 9.47. The number of hydrogen-bond donors (Lipinski definition) is 1. The number of carbonyl (C=O) groups is 2. The molecule has 0 atom stereocenters. The van der Waals surface area contributed by atoms with Crippen molar-refractivity contribution < 1.29 is 14.3 Å². The Labute approximate surface area is 170 Å². The minimum absolute atomic E-state index is 0.161. The van der Waals surface area contributed by atoms with Gasteiger partial charge >= 0.3 is 0 Å². The number of aryl methyl sites for hydroxylation is 1. The highest BCUT2D eigenvalue weighted by molar-refractivity contribution is 6.31. The third-order valence-corrected chi connectivity index (χ3v) is 5.11. The molecule has 2 amide bonds. The van der Waals surface area contributed by atoms with Gasteiger partial charge in [-0.1, -0.05) is 25.4 Å². The number of fused-ring (bicyclic) bond motifs is 1. The van der Waals surface area contributed by atoms with E-state index in [1.807, 2.05) is 23.1 Å². The maximum Gasteiger partial charge on any atom is 0.259 e. The van der Waals surface area contributed by atoms with E-state index in [0.717, 1.165) is 24.2 Å². The van der Waals surface area contributed by atoms with Gasteiger partial charge in [-0.05, 0) is 60.7 Å². The normalized spacial score (nSPS) is 13.5. The van der Waals surface area contributed by atoms with Gasteiger partial charge in [-0.15, -0.1) is 0 Å². The van der Waals surface area contributed by atoms with Crippen LogP contribution >= 0.6 is 11.6 Å². The van der Waals surface area contributed by atoms with E-state index in [-0.39, 0.29) is 11.8 Å². The van der Waals surface area contributed by atoms with Gasteiger partial charge in [-0.3, -0.25) is 9.59 Å². The van der Waals surface area contributed by atoms with E-state index >= 15 is 0 Å². The van der Waals surface area contributed by atoms with E-state index in [4.69, 9.17) is 16.3 Å². The van der Waals surface area contributed by atoms with Gasteiger partial charge in [0.15, 0.2) is 0 Å². The zero-order valence-electron chi connectivity index (χ0n) is 16.4. The summed E-state index contributed by atoms with van der Waals surface area (Å²) < 4.78 is 5.26. The standard InChI is InChI=1S/C22H25ClN2O3/c1-14(2)10-11-25-19-7-6-17(12-15(19)4-9-21(25)26)24-22(27)18-13-16(23)5-8-20(18)28-3/h5-8,12-14H,4,9-11H2,1-3H3,(H,24,27). The van der Waals surface area contributed by atoms with Gasteiger partial charge < -0.3 is 15.0 Å². The van der Waals surface area contributed by atoms with Crippen LogP contribution < -0.4 is 15.0 Å². The molecule has 3 rings (SSSR count). The Morgan fingerprint density at radius 1 is 1.21 bits per heavy atom. The summed E-state index contributed by atoms with van der Waals surface area (Å²) in [6.07, 6.45) is 2.12. The molecule has 0 bridgehead atoms. The molecular formula is C22H25ClN2O3. The minimum atomic E-state index is -0.289. The highest BCUT2D eigenvalue weighted by Crippen LogP contribution is 2.31. The first-order valence-corrected chi connectivity index (χ1v) is 9.85. The van der Waals surface area contributed by atoms with Crippen molar-refractivity contribution in [3.05, 3.63) is 52.5 Å². The van der Waals surface area contributed by atoms with Crippen LogP contribution in [-0.2, 0) is 11.2 Å². The second kappa shape index (κ2) is 8.65. The summed E-state index contributed by atoms with van der Waals surface area (Å²) in [6.45, 7) is 5.02. The Kier molecular flexibility index (Phi) is 6.25. The molecule has 0 aliphatic carbocycles. The fraction of sp³-hybridized carbons (Fsp3) is 0.364. The number of nitrogens with one attached hydrogen (secondary N) is 1. The summed E-state index contributed by atoms with van der Waals surface area (Å²) in [7, 11) is 1.52. The minimum Gasteiger partial charge on any atom is -0.496 e. The van der Waals surface area contributed by atoms with Crippen molar-refractivity contribution in [1.29, 1.82) is 0 Å². The van der Waals surface area contributed by atoms with Crippen LogP contribution in [0.15, 0.2) is 36.4 Å². The molecule has 1 heterocycles. The topological polar surface area (TPSA) is 58.6 Å². The van der Waals surface area contributed by atoms with E-state index in [9.17, 15) is 9.59 Å². The van der Waals surface area contributed by atoms with Crippen LogP contribution in [0.1, 0.15) is 42.6 Å². The maximum atomic E-state index is 12.7. The second-order valence-electron chi connectivity index (χ2n) is 7.37.